The first kappa shape index (κ1) is 16.6. The van der Waals surface area contributed by atoms with E-state index in [-0.39, 0.29) is 30.9 Å². The Balaban J connectivity index is 0.000000902. The van der Waals surface area contributed by atoms with Gasteiger partial charge in [0.25, 0.3) is 0 Å². The van der Waals surface area contributed by atoms with Gasteiger partial charge in [0.15, 0.2) is 0 Å². The number of aromatic nitrogens is 2. The maximum Gasteiger partial charge on any atom is 0.148 e. The van der Waals surface area contributed by atoms with E-state index in [9.17, 15) is 5.11 Å². The predicted octanol–water partition coefficient (Wildman–Crippen LogP) is 1.55. The molecule has 7 heteroatoms. The van der Waals surface area contributed by atoms with Crippen LogP contribution in [-0.2, 0) is 13.1 Å². The van der Waals surface area contributed by atoms with Gasteiger partial charge in [-0.15, -0.1) is 24.8 Å². The second kappa shape index (κ2) is 7.33. The van der Waals surface area contributed by atoms with Crippen molar-refractivity contribution < 1.29 is 5.11 Å². The lowest BCUT2D eigenvalue weighted by Crippen LogP contribution is -2.29. The lowest BCUT2D eigenvalue weighted by atomic mass is 9.93. The highest BCUT2D eigenvalue weighted by Crippen LogP contribution is 2.22. The Morgan fingerprint density at radius 3 is 2.68 bits per heavy atom. The van der Waals surface area contributed by atoms with Crippen molar-refractivity contribution in [3.8, 4) is 0 Å². The highest BCUT2D eigenvalue weighted by atomic mass is 35.5. The second-order valence-corrected chi connectivity index (χ2v) is 5.07. The number of rotatable bonds is 2. The van der Waals surface area contributed by atoms with E-state index in [4.69, 9.17) is 0 Å². The number of nitrogens with zero attached hydrogens (tertiary/aromatic N) is 2. The van der Waals surface area contributed by atoms with Gasteiger partial charge in [-0.25, -0.2) is 0 Å². The van der Waals surface area contributed by atoms with E-state index in [2.05, 4.69) is 26.5 Å². The molecule has 1 aliphatic heterocycles. The number of hydrogen-bond donors (Lipinski definition) is 3. The number of aliphatic hydroxyl groups is 1. The van der Waals surface area contributed by atoms with Crippen LogP contribution in [0.15, 0.2) is 6.07 Å². The molecule has 5 nitrogen and oxygen atoms in total. The van der Waals surface area contributed by atoms with Gasteiger partial charge in [-0.05, 0) is 25.7 Å². The number of nitrogens with one attached hydrogen (secondary N) is 2. The molecular weight excluding hydrogens is 287 g/mol. The average molecular weight is 309 g/mol. The molecule has 0 amide bonds. The molecule has 0 radical (unpaired) electrons. The van der Waals surface area contributed by atoms with Crippen molar-refractivity contribution in [2.45, 2.75) is 50.9 Å². The molecule has 0 saturated heterocycles. The van der Waals surface area contributed by atoms with E-state index in [1.165, 1.54) is 5.69 Å². The molecule has 1 aliphatic carbocycles. The third kappa shape index (κ3) is 3.99. The van der Waals surface area contributed by atoms with Crippen LogP contribution in [0.4, 0.5) is 5.82 Å². The standard InChI is InChI=1S/C12H20N4O.2ClH/c17-11-3-1-9(2-4-11)14-12-7-10-8-13-5-6-16(10)15-12;;/h7,9,11,13,17H,1-6,8H2,(H,14,15);2*1H. The quantitative estimate of drug-likeness (QED) is 0.776. The number of hydrogen-bond acceptors (Lipinski definition) is 4. The third-order valence-electron chi connectivity index (χ3n) is 3.72. The summed E-state index contributed by atoms with van der Waals surface area (Å²) in [5, 5.41) is 20.9. The van der Waals surface area contributed by atoms with Crippen molar-refractivity contribution in [3.05, 3.63) is 11.8 Å². The molecule has 0 atom stereocenters. The van der Waals surface area contributed by atoms with Crippen LogP contribution in [0.1, 0.15) is 31.4 Å². The predicted molar refractivity (Wildman–Crippen MR) is 80.3 cm³/mol. The van der Waals surface area contributed by atoms with Gasteiger partial charge in [-0.1, -0.05) is 0 Å². The number of fused-ring (bicyclic) bond motifs is 1. The third-order valence-corrected chi connectivity index (χ3v) is 3.72. The molecule has 1 aromatic rings. The number of halogens is 2. The van der Waals surface area contributed by atoms with Gasteiger partial charge in [0, 0.05) is 25.2 Å². The minimum Gasteiger partial charge on any atom is -0.393 e. The lowest BCUT2D eigenvalue weighted by molar-refractivity contribution is 0.126. The van der Waals surface area contributed by atoms with Crippen molar-refractivity contribution in [1.29, 1.82) is 0 Å². The van der Waals surface area contributed by atoms with Gasteiger partial charge in [-0.2, -0.15) is 5.10 Å². The molecule has 1 aromatic heterocycles. The van der Waals surface area contributed by atoms with E-state index >= 15 is 0 Å². The van der Waals surface area contributed by atoms with Gasteiger partial charge in [-0.3, -0.25) is 4.68 Å². The zero-order valence-corrected chi connectivity index (χ0v) is 12.5. The molecule has 0 unspecified atom stereocenters. The molecule has 0 aromatic carbocycles. The Bertz CT molecular complexity index is 368. The van der Waals surface area contributed by atoms with Gasteiger partial charge in [0.05, 0.1) is 18.3 Å². The zero-order valence-electron chi connectivity index (χ0n) is 10.8. The van der Waals surface area contributed by atoms with Crippen molar-refractivity contribution >= 4 is 30.6 Å². The summed E-state index contributed by atoms with van der Waals surface area (Å²) in [5.74, 6) is 0.991. The van der Waals surface area contributed by atoms with Gasteiger partial charge >= 0.3 is 0 Å². The molecule has 0 spiro atoms. The summed E-state index contributed by atoms with van der Waals surface area (Å²) in [6.45, 7) is 2.88. The molecule has 3 N–H and O–H groups in total. The van der Waals surface area contributed by atoms with E-state index in [0.717, 1.165) is 51.1 Å². The minimum atomic E-state index is -0.0903. The number of aliphatic hydroxyl groups excluding tert-OH is 1. The monoisotopic (exact) mass is 308 g/mol. The highest BCUT2D eigenvalue weighted by molar-refractivity contribution is 5.85. The Morgan fingerprint density at radius 1 is 1.26 bits per heavy atom. The van der Waals surface area contributed by atoms with Gasteiger partial charge in [0.1, 0.15) is 5.82 Å². The Labute approximate surface area is 126 Å². The van der Waals surface area contributed by atoms with Crippen molar-refractivity contribution in [2.75, 3.05) is 11.9 Å². The van der Waals surface area contributed by atoms with Gasteiger partial charge < -0.3 is 15.7 Å². The Morgan fingerprint density at radius 2 is 2.00 bits per heavy atom. The average Bonchev–Trinajstić information content (AvgIpc) is 2.74. The summed E-state index contributed by atoms with van der Waals surface area (Å²) >= 11 is 0. The fraction of sp³-hybridized carbons (Fsp3) is 0.750. The maximum absolute atomic E-state index is 9.47. The molecular formula is C12H22Cl2N4O. The molecule has 2 heterocycles. The fourth-order valence-electron chi connectivity index (χ4n) is 2.69. The second-order valence-electron chi connectivity index (χ2n) is 5.07. The van der Waals surface area contributed by atoms with Crippen LogP contribution in [0.25, 0.3) is 0 Å². The topological polar surface area (TPSA) is 62.1 Å². The summed E-state index contributed by atoms with van der Waals surface area (Å²) in [4.78, 5) is 0. The largest absolute Gasteiger partial charge is 0.393 e. The maximum atomic E-state index is 9.47. The smallest absolute Gasteiger partial charge is 0.148 e. The Kier molecular flexibility index (Phi) is 6.39. The first-order valence-electron chi connectivity index (χ1n) is 6.53. The molecule has 2 aliphatic rings. The highest BCUT2D eigenvalue weighted by Gasteiger charge is 2.20. The van der Waals surface area contributed by atoms with Crippen LogP contribution in [0.3, 0.4) is 0 Å². The van der Waals surface area contributed by atoms with Crippen LogP contribution in [-0.4, -0.2) is 33.6 Å². The first-order valence-corrected chi connectivity index (χ1v) is 6.53. The van der Waals surface area contributed by atoms with Crippen molar-refractivity contribution in [3.63, 3.8) is 0 Å². The Hall–Kier alpha value is -0.490. The summed E-state index contributed by atoms with van der Waals surface area (Å²) in [6, 6.07) is 2.61. The molecule has 1 saturated carbocycles. The van der Waals surface area contributed by atoms with Crippen LogP contribution < -0.4 is 10.6 Å². The van der Waals surface area contributed by atoms with Crippen molar-refractivity contribution in [1.82, 2.24) is 15.1 Å². The summed E-state index contributed by atoms with van der Waals surface area (Å²) < 4.78 is 2.08. The van der Waals surface area contributed by atoms with E-state index in [1.54, 1.807) is 0 Å². The molecule has 1 fully saturated rings. The summed E-state index contributed by atoms with van der Waals surface area (Å²) in [6.07, 6.45) is 3.82. The van der Waals surface area contributed by atoms with Crippen molar-refractivity contribution in [2.24, 2.45) is 0 Å². The molecule has 0 bridgehead atoms. The van der Waals surface area contributed by atoms with Gasteiger partial charge in [0.2, 0.25) is 0 Å². The summed E-state index contributed by atoms with van der Waals surface area (Å²) in [7, 11) is 0. The fourth-order valence-corrected chi connectivity index (χ4v) is 2.69. The van der Waals surface area contributed by atoms with E-state index < -0.39 is 0 Å². The molecule has 3 rings (SSSR count). The molecule has 19 heavy (non-hydrogen) atoms. The first-order chi connectivity index (χ1) is 8.31. The number of anilines is 1. The molecule has 110 valence electrons. The van der Waals surface area contributed by atoms with E-state index in [1.807, 2.05) is 0 Å². The normalized spacial score (nSPS) is 25.7. The van der Waals surface area contributed by atoms with E-state index in [0.29, 0.717) is 6.04 Å². The summed E-state index contributed by atoms with van der Waals surface area (Å²) in [5.41, 5.74) is 1.26. The zero-order chi connectivity index (χ0) is 11.7. The van der Waals surface area contributed by atoms with Crippen LogP contribution in [0.2, 0.25) is 0 Å². The van der Waals surface area contributed by atoms with Crippen LogP contribution in [0, 0.1) is 0 Å². The lowest BCUT2D eigenvalue weighted by Gasteiger charge is -2.25. The minimum absolute atomic E-state index is 0. The van der Waals surface area contributed by atoms with Crippen LogP contribution >= 0.6 is 24.8 Å². The SMILES string of the molecule is Cl.Cl.OC1CCC(Nc2cc3n(n2)CCNC3)CC1. The van der Waals surface area contributed by atoms with Crippen LogP contribution in [0.5, 0.6) is 0 Å².